The summed E-state index contributed by atoms with van der Waals surface area (Å²) < 4.78 is 5.18. The zero-order valence-electron chi connectivity index (χ0n) is 18.7. The maximum Gasteiger partial charge on any atom is 0.255 e. The third-order valence-corrected chi connectivity index (χ3v) is 6.74. The summed E-state index contributed by atoms with van der Waals surface area (Å²) in [5.41, 5.74) is 3.99. The minimum absolute atomic E-state index is 0.144. The van der Waals surface area contributed by atoms with Gasteiger partial charge in [-0.25, -0.2) is 4.98 Å². The highest BCUT2D eigenvalue weighted by Gasteiger charge is 2.11. The Labute approximate surface area is 206 Å². The summed E-state index contributed by atoms with van der Waals surface area (Å²) in [5.74, 6) is 0.708. The Morgan fingerprint density at radius 3 is 2.56 bits per heavy atom. The van der Waals surface area contributed by atoms with Crippen molar-refractivity contribution in [3.05, 3.63) is 89.3 Å². The first kappa shape index (κ1) is 23.5. The van der Waals surface area contributed by atoms with Gasteiger partial charge in [-0.15, -0.1) is 23.1 Å². The summed E-state index contributed by atoms with van der Waals surface area (Å²) in [7, 11) is 1.63. The van der Waals surface area contributed by atoms with Crippen molar-refractivity contribution in [2.45, 2.75) is 11.8 Å². The molecular formula is C26H23N3O3S2. The molecule has 0 spiro atoms. The fourth-order valence-electron chi connectivity index (χ4n) is 3.22. The number of aromatic nitrogens is 1. The zero-order chi connectivity index (χ0) is 23.9. The molecule has 0 unspecified atom stereocenters. The maximum atomic E-state index is 12.6. The molecule has 0 radical (unpaired) electrons. The summed E-state index contributed by atoms with van der Waals surface area (Å²) in [6, 6.07) is 22.5. The molecule has 34 heavy (non-hydrogen) atoms. The number of amides is 2. The van der Waals surface area contributed by atoms with E-state index in [-0.39, 0.29) is 17.6 Å². The second-order valence-electron chi connectivity index (χ2n) is 7.40. The van der Waals surface area contributed by atoms with E-state index in [9.17, 15) is 9.59 Å². The SMILES string of the molecule is COc1ccc(-c2csc(NC(=O)CSc3cccc(NC(=O)c4ccccc4C)c3)n2)cc1. The lowest BCUT2D eigenvalue weighted by Crippen LogP contribution is -2.14. The molecule has 4 rings (SSSR count). The van der Waals surface area contributed by atoms with Crippen LogP contribution < -0.4 is 15.4 Å². The van der Waals surface area contributed by atoms with Crippen molar-refractivity contribution < 1.29 is 14.3 Å². The second-order valence-corrected chi connectivity index (χ2v) is 9.31. The molecule has 6 nitrogen and oxygen atoms in total. The van der Waals surface area contributed by atoms with E-state index in [4.69, 9.17) is 4.74 Å². The highest BCUT2D eigenvalue weighted by Crippen LogP contribution is 2.27. The van der Waals surface area contributed by atoms with Crippen LogP contribution in [0, 0.1) is 6.92 Å². The van der Waals surface area contributed by atoms with Crippen molar-refractivity contribution in [2.24, 2.45) is 0 Å². The number of benzene rings is 3. The lowest BCUT2D eigenvalue weighted by Gasteiger charge is -2.09. The average molecular weight is 490 g/mol. The molecule has 8 heteroatoms. The second kappa shape index (κ2) is 11.0. The summed E-state index contributed by atoms with van der Waals surface area (Å²) >= 11 is 2.78. The predicted molar refractivity (Wildman–Crippen MR) is 139 cm³/mol. The van der Waals surface area contributed by atoms with Crippen molar-refractivity contribution in [3.63, 3.8) is 0 Å². The Morgan fingerprint density at radius 1 is 1.00 bits per heavy atom. The van der Waals surface area contributed by atoms with E-state index >= 15 is 0 Å². The van der Waals surface area contributed by atoms with Crippen LogP contribution in [0.3, 0.4) is 0 Å². The van der Waals surface area contributed by atoms with E-state index in [1.54, 1.807) is 13.2 Å². The van der Waals surface area contributed by atoms with Crippen molar-refractivity contribution in [3.8, 4) is 17.0 Å². The van der Waals surface area contributed by atoms with Crippen LogP contribution in [0.25, 0.3) is 11.3 Å². The van der Waals surface area contributed by atoms with Gasteiger partial charge in [-0.05, 0) is 61.0 Å². The summed E-state index contributed by atoms with van der Waals surface area (Å²) in [6.45, 7) is 1.90. The van der Waals surface area contributed by atoms with Gasteiger partial charge in [0.1, 0.15) is 5.75 Å². The number of thiazole rings is 1. The molecule has 1 heterocycles. The quantitative estimate of drug-likeness (QED) is 0.292. The Balaban J connectivity index is 1.31. The van der Waals surface area contributed by atoms with Gasteiger partial charge in [0, 0.05) is 27.1 Å². The monoisotopic (exact) mass is 489 g/mol. The molecule has 0 aliphatic carbocycles. The van der Waals surface area contributed by atoms with Crippen molar-refractivity contribution >= 4 is 45.7 Å². The molecule has 4 aromatic rings. The number of hydrogen-bond acceptors (Lipinski definition) is 6. The molecule has 1 aromatic heterocycles. The minimum Gasteiger partial charge on any atom is -0.497 e. The summed E-state index contributed by atoms with van der Waals surface area (Å²) in [4.78, 5) is 30.4. The molecule has 0 atom stereocenters. The van der Waals surface area contributed by atoms with Gasteiger partial charge in [0.25, 0.3) is 5.91 Å². The van der Waals surface area contributed by atoms with Crippen LogP contribution in [0.2, 0.25) is 0 Å². The van der Waals surface area contributed by atoms with E-state index < -0.39 is 0 Å². The number of hydrogen-bond donors (Lipinski definition) is 2. The highest BCUT2D eigenvalue weighted by atomic mass is 32.2. The normalized spacial score (nSPS) is 10.5. The molecule has 0 bridgehead atoms. The Hall–Kier alpha value is -3.62. The first-order valence-electron chi connectivity index (χ1n) is 10.5. The van der Waals surface area contributed by atoms with Gasteiger partial charge < -0.3 is 15.4 Å². The van der Waals surface area contributed by atoms with Crippen LogP contribution in [-0.4, -0.2) is 29.7 Å². The largest absolute Gasteiger partial charge is 0.497 e. The summed E-state index contributed by atoms with van der Waals surface area (Å²) in [5, 5.41) is 8.24. The number of methoxy groups -OCH3 is 1. The summed E-state index contributed by atoms with van der Waals surface area (Å²) in [6.07, 6.45) is 0. The molecule has 2 N–H and O–H groups in total. The molecule has 2 amide bonds. The van der Waals surface area contributed by atoms with Gasteiger partial charge in [0.15, 0.2) is 5.13 Å². The van der Waals surface area contributed by atoms with Gasteiger partial charge in [-0.1, -0.05) is 24.3 Å². The lowest BCUT2D eigenvalue weighted by molar-refractivity contribution is -0.113. The number of carbonyl (C=O) groups is 2. The molecular weight excluding hydrogens is 466 g/mol. The molecule has 3 aromatic carbocycles. The fourth-order valence-corrected chi connectivity index (χ4v) is 4.71. The van der Waals surface area contributed by atoms with E-state index in [2.05, 4.69) is 15.6 Å². The zero-order valence-corrected chi connectivity index (χ0v) is 20.3. The smallest absolute Gasteiger partial charge is 0.255 e. The number of ether oxygens (including phenoxy) is 1. The van der Waals surface area contributed by atoms with Gasteiger partial charge in [-0.2, -0.15) is 0 Å². The maximum absolute atomic E-state index is 12.6. The average Bonchev–Trinajstić information content (AvgIpc) is 3.31. The predicted octanol–water partition coefficient (Wildman–Crippen LogP) is 6.11. The molecule has 0 saturated carbocycles. The molecule has 0 saturated heterocycles. The fraction of sp³-hybridized carbons (Fsp3) is 0.115. The van der Waals surface area contributed by atoms with Crippen molar-refractivity contribution in [1.82, 2.24) is 4.98 Å². The minimum atomic E-state index is -0.158. The van der Waals surface area contributed by atoms with Gasteiger partial charge in [0.05, 0.1) is 18.6 Å². The van der Waals surface area contributed by atoms with Gasteiger partial charge in [0.2, 0.25) is 5.91 Å². The van der Waals surface area contributed by atoms with Crippen LogP contribution >= 0.6 is 23.1 Å². The number of aryl methyl sites for hydroxylation is 1. The van der Waals surface area contributed by atoms with E-state index in [1.165, 1.54) is 23.1 Å². The standard InChI is InChI=1S/C26H23N3O3S2/c1-17-6-3-4-9-22(17)25(31)27-19-7-5-8-21(14-19)33-16-24(30)29-26-28-23(15-34-26)18-10-12-20(32-2)13-11-18/h3-15H,16H2,1-2H3,(H,27,31)(H,28,29,30). The van der Waals surface area contributed by atoms with E-state index in [0.29, 0.717) is 16.4 Å². The Kier molecular flexibility index (Phi) is 7.61. The molecule has 0 aliphatic rings. The van der Waals surface area contributed by atoms with Crippen LogP contribution in [0.5, 0.6) is 5.75 Å². The van der Waals surface area contributed by atoms with Crippen LogP contribution in [0.15, 0.2) is 83.1 Å². The topological polar surface area (TPSA) is 80.3 Å². The molecule has 0 fully saturated rings. The van der Waals surface area contributed by atoms with Crippen LogP contribution in [-0.2, 0) is 4.79 Å². The Bertz CT molecular complexity index is 1300. The first-order chi connectivity index (χ1) is 16.5. The number of nitrogens with zero attached hydrogens (tertiary/aromatic N) is 1. The van der Waals surface area contributed by atoms with Crippen LogP contribution in [0.4, 0.5) is 10.8 Å². The van der Waals surface area contributed by atoms with Gasteiger partial charge in [-0.3, -0.25) is 9.59 Å². The third kappa shape index (κ3) is 6.03. The molecule has 172 valence electrons. The highest BCUT2D eigenvalue weighted by molar-refractivity contribution is 8.00. The van der Waals surface area contributed by atoms with Crippen molar-refractivity contribution in [1.29, 1.82) is 0 Å². The number of thioether (sulfide) groups is 1. The van der Waals surface area contributed by atoms with Gasteiger partial charge >= 0.3 is 0 Å². The number of nitrogens with one attached hydrogen (secondary N) is 2. The van der Waals surface area contributed by atoms with Crippen molar-refractivity contribution in [2.75, 3.05) is 23.5 Å². The Morgan fingerprint density at radius 2 is 1.79 bits per heavy atom. The first-order valence-corrected chi connectivity index (χ1v) is 12.4. The third-order valence-electron chi connectivity index (χ3n) is 4.99. The number of carbonyl (C=O) groups excluding carboxylic acids is 2. The number of rotatable bonds is 8. The van der Waals surface area contributed by atoms with Crippen LogP contribution in [0.1, 0.15) is 15.9 Å². The lowest BCUT2D eigenvalue weighted by atomic mass is 10.1. The molecule has 0 aliphatic heterocycles. The van der Waals surface area contributed by atoms with E-state index in [1.807, 2.05) is 79.0 Å². The number of anilines is 2. The van der Waals surface area contributed by atoms with E-state index in [0.717, 1.165) is 27.5 Å².